The summed E-state index contributed by atoms with van der Waals surface area (Å²) in [6, 6.07) is 3.65. The summed E-state index contributed by atoms with van der Waals surface area (Å²) in [5.41, 5.74) is 6.36. The summed E-state index contributed by atoms with van der Waals surface area (Å²) < 4.78 is 5.23. The molecular formula is C11H17N3OS. The molecule has 0 aromatic carbocycles. The highest BCUT2D eigenvalue weighted by molar-refractivity contribution is 7.80. The first-order valence-corrected chi connectivity index (χ1v) is 5.72. The molecule has 0 amide bonds. The van der Waals surface area contributed by atoms with Crippen molar-refractivity contribution in [3.8, 4) is 0 Å². The topological polar surface area (TPSA) is 60.2 Å². The Kier molecular flexibility index (Phi) is 5.74. The fourth-order valence-corrected chi connectivity index (χ4v) is 1.34. The summed E-state index contributed by atoms with van der Waals surface area (Å²) >= 11 is 4.89. The van der Waals surface area contributed by atoms with Gasteiger partial charge in [0.1, 0.15) is 10.8 Å². The quantitative estimate of drug-likeness (QED) is 0.558. The zero-order valence-corrected chi connectivity index (χ0v) is 10.2. The number of thiocarbonyl (C=S) groups is 1. The van der Waals surface area contributed by atoms with Crippen LogP contribution in [0.4, 0.5) is 5.82 Å². The smallest absolute Gasteiger partial charge is 0.126 e. The lowest BCUT2D eigenvalue weighted by Crippen LogP contribution is -2.11. The van der Waals surface area contributed by atoms with Crippen LogP contribution < -0.4 is 11.1 Å². The van der Waals surface area contributed by atoms with Gasteiger partial charge in [0, 0.05) is 31.5 Å². The Morgan fingerprint density at radius 3 is 3.12 bits per heavy atom. The third kappa shape index (κ3) is 4.55. The third-order valence-corrected chi connectivity index (χ3v) is 2.26. The van der Waals surface area contributed by atoms with Crippen LogP contribution in [0.15, 0.2) is 18.3 Å². The molecule has 88 valence electrons. The van der Waals surface area contributed by atoms with E-state index in [-0.39, 0.29) is 0 Å². The lowest BCUT2D eigenvalue weighted by Gasteiger charge is -2.06. The van der Waals surface area contributed by atoms with Crippen molar-refractivity contribution in [2.24, 2.45) is 5.73 Å². The summed E-state index contributed by atoms with van der Waals surface area (Å²) in [5.74, 6) is 0.793. The predicted octanol–water partition coefficient (Wildman–Crippen LogP) is 1.55. The van der Waals surface area contributed by atoms with Gasteiger partial charge in [-0.1, -0.05) is 12.2 Å². The molecule has 0 aliphatic heterocycles. The summed E-state index contributed by atoms with van der Waals surface area (Å²) in [5, 5.41) is 3.19. The van der Waals surface area contributed by atoms with Gasteiger partial charge in [0.15, 0.2) is 0 Å². The van der Waals surface area contributed by atoms with Crippen molar-refractivity contribution in [2.45, 2.75) is 13.3 Å². The molecule has 1 rings (SSSR count). The highest BCUT2D eigenvalue weighted by Gasteiger charge is 1.98. The summed E-state index contributed by atoms with van der Waals surface area (Å²) in [6.45, 7) is 4.34. The van der Waals surface area contributed by atoms with Crippen LogP contribution >= 0.6 is 12.2 Å². The van der Waals surface area contributed by atoms with Crippen LogP contribution in [0.5, 0.6) is 0 Å². The highest BCUT2D eigenvalue weighted by atomic mass is 32.1. The Morgan fingerprint density at radius 1 is 1.62 bits per heavy atom. The first kappa shape index (κ1) is 12.9. The number of nitrogens with zero attached hydrogens (tertiary/aromatic N) is 1. The van der Waals surface area contributed by atoms with Gasteiger partial charge >= 0.3 is 0 Å². The first-order valence-electron chi connectivity index (χ1n) is 5.31. The summed E-state index contributed by atoms with van der Waals surface area (Å²) in [6.07, 6.45) is 2.65. The molecule has 4 nitrogen and oxygen atoms in total. The SMILES string of the molecule is CCOCCCNc1cc(C(N)=S)ccn1. The summed E-state index contributed by atoms with van der Waals surface area (Å²) in [7, 11) is 0. The Labute approximate surface area is 101 Å². The molecule has 0 bridgehead atoms. The number of aromatic nitrogens is 1. The highest BCUT2D eigenvalue weighted by Crippen LogP contribution is 2.06. The normalized spacial score (nSPS) is 10.1. The minimum absolute atomic E-state index is 0.389. The molecule has 0 unspecified atom stereocenters. The van der Waals surface area contributed by atoms with Crippen LogP contribution in [0, 0.1) is 0 Å². The number of hydrogen-bond acceptors (Lipinski definition) is 4. The van der Waals surface area contributed by atoms with E-state index in [1.165, 1.54) is 0 Å². The third-order valence-electron chi connectivity index (χ3n) is 2.02. The maximum atomic E-state index is 5.53. The number of anilines is 1. The number of pyridine rings is 1. The van der Waals surface area contributed by atoms with Gasteiger partial charge in [0.25, 0.3) is 0 Å². The lowest BCUT2D eigenvalue weighted by atomic mass is 10.2. The van der Waals surface area contributed by atoms with Crippen molar-refractivity contribution in [1.29, 1.82) is 0 Å². The fraction of sp³-hybridized carbons (Fsp3) is 0.455. The van der Waals surface area contributed by atoms with Gasteiger partial charge in [0.2, 0.25) is 0 Å². The van der Waals surface area contributed by atoms with Gasteiger partial charge in [-0.05, 0) is 25.5 Å². The van der Waals surface area contributed by atoms with Crippen LogP contribution in [0.1, 0.15) is 18.9 Å². The minimum Gasteiger partial charge on any atom is -0.389 e. The monoisotopic (exact) mass is 239 g/mol. The molecule has 16 heavy (non-hydrogen) atoms. The Morgan fingerprint density at radius 2 is 2.44 bits per heavy atom. The van der Waals surface area contributed by atoms with Gasteiger partial charge in [-0.3, -0.25) is 0 Å². The zero-order valence-electron chi connectivity index (χ0n) is 9.40. The van der Waals surface area contributed by atoms with Gasteiger partial charge in [-0.2, -0.15) is 0 Å². The van der Waals surface area contributed by atoms with E-state index >= 15 is 0 Å². The largest absolute Gasteiger partial charge is 0.389 e. The molecule has 1 aromatic heterocycles. The van der Waals surface area contributed by atoms with Crippen LogP contribution in [0.2, 0.25) is 0 Å². The van der Waals surface area contributed by atoms with Crippen molar-refractivity contribution in [3.63, 3.8) is 0 Å². The van der Waals surface area contributed by atoms with Crippen molar-refractivity contribution < 1.29 is 4.74 Å². The fourth-order valence-electron chi connectivity index (χ4n) is 1.22. The number of hydrogen-bond donors (Lipinski definition) is 2. The van der Waals surface area contributed by atoms with Crippen LogP contribution in [0.25, 0.3) is 0 Å². The second-order valence-corrected chi connectivity index (χ2v) is 3.71. The minimum atomic E-state index is 0.389. The van der Waals surface area contributed by atoms with Gasteiger partial charge in [0.05, 0.1) is 0 Å². The predicted molar refractivity (Wildman–Crippen MR) is 69.7 cm³/mol. The molecular weight excluding hydrogens is 222 g/mol. The molecule has 0 aliphatic carbocycles. The van der Waals surface area contributed by atoms with E-state index in [9.17, 15) is 0 Å². The van der Waals surface area contributed by atoms with E-state index in [1.807, 2.05) is 13.0 Å². The number of nitrogens with one attached hydrogen (secondary N) is 1. The van der Waals surface area contributed by atoms with Crippen molar-refractivity contribution >= 4 is 23.0 Å². The Hall–Kier alpha value is -1.20. The number of rotatable bonds is 7. The van der Waals surface area contributed by atoms with Gasteiger partial charge in [-0.25, -0.2) is 4.98 Å². The average molecular weight is 239 g/mol. The van der Waals surface area contributed by atoms with Gasteiger partial charge < -0.3 is 15.8 Å². The molecule has 0 fully saturated rings. The van der Waals surface area contributed by atoms with Crippen molar-refractivity contribution in [3.05, 3.63) is 23.9 Å². The maximum absolute atomic E-state index is 5.53. The van der Waals surface area contributed by atoms with Gasteiger partial charge in [-0.15, -0.1) is 0 Å². The molecule has 0 atom stereocenters. The molecule has 0 aliphatic rings. The van der Waals surface area contributed by atoms with E-state index < -0.39 is 0 Å². The Bertz CT molecular complexity index is 344. The van der Waals surface area contributed by atoms with Crippen LogP contribution in [-0.4, -0.2) is 29.7 Å². The van der Waals surface area contributed by atoms with Crippen LogP contribution in [-0.2, 0) is 4.74 Å². The van der Waals surface area contributed by atoms with Crippen molar-refractivity contribution in [2.75, 3.05) is 25.1 Å². The first-order chi connectivity index (χ1) is 7.74. The van der Waals surface area contributed by atoms with E-state index in [4.69, 9.17) is 22.7 Å². The standard InChI is InChI=1S/C11H17N3OS/c1-2-15-7-3-5-13-10-8-9(11(12)16)4-6-14-10/h4,6,8H,2-3,5,7H2,1H3,(H2,12,16)(H,13,14). The molecule has 0 saturated heterocycles. The van der Waals surface area contributed by atoms with E-state index in [1.54, 1.807) is 12.3 Å². The van der Waals surface area contributed by atoms with E-state index in [0.717, 1.165) is 37.6 Å². The zero-order chi connectivity index (χ0) is 11.8. The number of ether oxygens (including phenoxy) is 1. The second kappa shape index (κ2) is 7.14. The maximum Gasteiger partial charge on any atom is 0.126 e. The second-order valence-electron chi connectivity index (χ2n) is 3.27. The molecule has 1 aromatic rings. The average Bonchev–Trinajstić information content (AvgIpc) is 2.29. The molecule has 0 saturated carbocycles. The molecule has 1 heterocycles. The van der Waals surface area contributed by atoms with Crippen molar-refractivity contribution in [1.82, 2.24) is 4.98 Å². The van der Waals surface area contributed by atoms with E-state index in [2.05, 4.69) is 10.3 Å². The lowest BCUT2D eigenvalue weighted by molar-refractivity contribution is 0.147. The molecule has 5 heteroatoms. The molecule has 3 N–H and O–H groups in total. The molecule has 0 radical (unpaired) electrons. The van der Waals surface area contributed by atoms with Crippen LogP contribution in [0.3, 0.4) is 0 Å². The Balaban J connectivity index is 2.36. The summed E-state index contributed by atoms with van der Waals surface area (Å²) in [4.78, 5) is 4.56. The number of nitrogens with two attached hydrogens (primary N) is 1. The van der Waals surface area contributed by atoms with E-state index in [0.29, 0.717) is 4.99 Å². The molecule has 0 spiro atoms.